The van der Waals surface area contributed by atoms with Crippen LogP contribution in [0.4, 0.5) is 0 Å². The highest BCUT2D eigenvalue weighted by Crippen LogP contribution is 2.16. The quantitative estimate of drug-likeness (QED) is 0.415. The van der Waals surface area contributed by atoms with Crippen LogP contribution in [0.25, 0.3) is 0 Å². The van der Waals surface area contributed by atoms with Gasteiger partial charge in [0.25, 0.3) is 0 Å². The summed E-state index contributed by atoms with van der Waals surface area (Å²) >= 11 is 6.39. The zero-order valence-electron chi connectivity index (χ0n) is 7.72. The summed E-state index contributed by atoms with van der Waals surface area (Å²) in [5, 5.41) is 11.4. The molecule has 1 saturated heterocycles. The van der Waals surface area contributed by atoms with Gasteiger partial charge in [0.15, 0.2) is 0 Å². The molecule has 0 N–H and O–H groups in total. The van der Waals surface area contributed by atoms with Crippen molar-refractivity contribution in [2.24, 2.45) is 0 Å². The summed E-state index contributed by atoms with van der Waals surface area (Å²) in [5.74, 6) is 0. The maximum absolute atomic E-state index is 10.0. The van der Waals surface area contributed by atoms with Crippen molar-refractivity contribution in [3.8, 4) is 0 Å². The second kappa shape index (κ2) is 5.98. The van der Waals surface area contributed by atoms with E-state index in [2.05, 4.69) is 4.90 Å². The van der Waals surface area contributed by atoms with Crippen molar-refractivity contribution < 1.29 is 4.92 Å². The van der Waals surface area contributed by atoms with Crippen LogP contribution >= 0.6 is 24.0 Å². The minimum Gasteiger partial charge on any atom is -0.357 e. The van der Waals surface area contributed by atoms with Crippen molar-refractivity contribution in [2.75, 3.05) is 13.1 Å². The van der Waals surface area contributed by atoms with Gasteiger partial charge < -0.3 is 4.90 Å². The first kappa shape index (κ1) is 11.5. The van der Waals surface area contributed by atoms with Crippen molar-refractivity contribution in [3.05, 3.63) is 21.7 Å². The molecule has 1 aliphatic rings. The summed E-state index contributed by atoms with van der Waals surface area (Å²) in [5.41, 5.74) is 0. The van der Waals surface area contributed by atoms with Crippen molar-refractivity contribution in [1.82, 2.24) is 4.90 Å². The Balaban J connectivity index is 2.30. The van der Waals surface area contributed by atoms with Crippen molar-refractivity contribution >= 4 is 28.3 Å². The lowest BCUT2D eigenvalue weighted by Crippen LogP contribution is -2.32. The number of thioether (sulfide) groups is 1. The molecule has 1 rings (SSSR count). The predicted octanol–water partition coefficient (Wildman–Crippen LogP) is 2.24. The van der Waals surface area contributed by atoms with Crippen LogP contribution < -0.4 is 0 Å². The van der Waals surface area contributed by atoms with E-state index in [9.17, 15) is 10.1 Å². The molecule has 1 fully saturated rings. The van der Waals surface area contributed by atoms with Crippen molar-refractivity contribution in [1.29, 1.82) is 0 Å². The standard InChI is InChI=1S/C8H12N2O2S2/c11-10(12)6-7-14-8(13)9-4-2-1-3-5-9/h6-7H,1-5H2/b7-6-. The highest BCUT2D eigenvalue weighted by molar-refractivity contribution is 8.24. The van der Waals surface area contributed by atoms with Gasteiger partial charge in [0, 0.05) is 18.5 Å². The van der Waals surface area contributed by atoms with Gasteiger partial charge in [0.05, 0.1) is 4.92 Å². The van der Waals surface area contributed by atoms with Crippen LogP contribution in [0.1, 0.15) is 19.3 Å². The molecule has 4 nitrogen and oxygen atoms in total. The second-order valence-electron chi connectivity index (χ2n) is 3.00. The summed E-state index contributed by atoms with van der Waals surface area (Å²) in [6.07, 6.45) is 4.51. The van der Waals surface area contributed by atoms with E-state index in [1.54, 1.807) is 0 Å². The number of nitrogens with zero attached hydrogens (tertiary/aromatic N) is 2. The molecule has 0 radical (unpaired) electrons. The highest BCUT2D eigenvalue weighted by atomic mass is 32.2. The summed E-state index contributed by atoms with van der Waals surface area (Å²) in [4.78, 5) is 11.6. The number of hydrogen-bond donors (Lipinski definition) is 0. The van der Waals surface area contributed by atoms with Crippen LogP contribution in [0.3, 0.4) is 0 Å². The van der Waals surface area contributed by atoms with Gasteiger partial charge in [-0.1, -0.05) is 24.0 Å². The molecule has 0 atom stereocenters. The Hall–Kier alpha value is -0.620. The lowest BCUT2D eigenvalue weighted by molar-refractivity contribution is -0.402. The Morgan fingerprint density at radius 1 is 1.43 bits per heavy atom. The van der Waals surface area contributed by atoms with Gasteiger partial charge in [-0.3, -0.25) is 10.1 Å². The third kappa shape index (κ3) is 4.06. The smallest absolute Gasteiger partial charge is 0.241 e. The maximum Gasteiger partial charge on any atom is 0.241 e. The largest absolute Gasteiger partial charge is 0.357 e. The first-order valence-electron chi connectivity index (χ1n) is 4.46. The van der Waals surface area contributed by atoms with Gasteiger partial charge in [-0.25, -0.2) is 0 Å². The average molecular weight is 232 g/mol. The predicted molar refractivity (Wildman–Crippen MR) is 61.7 cm³/mol. The lowest BCUT2D eigenvalue weighted by Gasteiger charge is -2.27. The average Bonchev–Trinajstić information content (AvgIpc) is 2.18. The zero-order chi connectivity index (χ0) is 10.4. The first-order valence-corrected chi connectivity index (χ1v) is 5.74. The zero-order valence-corrected chi connectivity index (χ0v) is 9.35. The van der Waals surface area contributed by atoms with Crippen LogP contribution in [0.15, 0.2) is 11.6 Å². The van der Waals surface area contributed by atoms with Gasteiger partial charge in [-0.05, 0) is 19.3 Å². The van der Waals surface area contributed by atoms with E-state index in [4.69, 9.17) is 12.2 Å². The highest BCUT2D eigenvalue weighted by Gasteiger charge is 2.12. The van der Waals surface area contributed by atoms with Gasteiger partial charge in [0.1, 0.15) is 4.32 Å². The Morgan fingerprint density at radius 2 is 2.07 bits per heavy atom. The SMILES string of the molecule is O=[N+]([O-])/C=C\SC(=S)N1CCCCC1. The number of thiocarbonyl (C=S) groups is 1. The van der Waals surface area contributed by atoms with E-state index in [1.807, 2.05) is 0 Å². The molecular weight excluding hydrogens is 220 g/mol. The molecule has 0 bridgehead atoms. The fraction of sp³-hybridized carbons (Fsp3) is 0.625. The molecule has 0 unspecified atom stereocenters. The summed E-state index contributed by atoms with van der Waals surface area (Å²) in [6, 6.07) is 0. The molecule has 0 aliphatic carbocycles. The van der Waals surface area contributed by atoms with Crippen LogP contribution in [0.2, 0.25) is 0 Å². The fourth-order valence-electron chi connectivity index (χ4n) is 1.29. The number of rotatable bonds is 2. The molecule has 0 amide bonds. The molecule has 1 aliphatic heterocycles. The number of hydrogen-bond acceptors (Lipinski definition) is 4. The maximum atomic E-state index is 10.0. The Bertz CT molecular complexity index is 250. The first-order chi connectivity index (χ1) is 6.70. The normalized spacial score (nSPS) is 17.3. The van der Waals surface area contributed by atoms with Crippen LogP contribution in [0, 0.1) is 10.1 Å². The Labute approximate surface area is 92.5 Å². The lowest BCUT2D eigenvalue weighted by atomic mass is 10.1. The van der Waals surface area contributed by atoms with Gasteiger partial charge >= 0.3 is 0 Å². The molecule has 6 heteroatoms. The Kier molecular flexibility index (Phi) is 4.89. The van der Waals surface area contributed by atoms with E-state index in [0.29, 0.717) is 0 Å². The van der Waals surface area contributed by atoms with Crippen LogP contribution in [-0.2, 0) is 0 Å². The number of piperidine rings is 1. The van der Waals surface area contributed by atoms with Gasteiger partial charge in [0.2, 0.25) is 6.20 Å². The van der Waals surface area contributed by atoms with Crippen LogP contribution in [0.5, 0.6) is 0 Å². The molecular formula is C8H12N2O2S2. The molecule has 0 aromatic carbocycles. The molecule has 0 aromatic rings. The van der Waals surface area contributed by atoms with Crippen molar-refractivity contribution in [2.45, 2.75) is 19.3 Å². The molecule has 78 valence electrons. The fourth-order valence-corrected chi connectivity index (χ4v) is 2.25. The third-order valence-corrected chi connectivity index (χ3v) is 3.23. The van der Waals surface area contributed by atoms with E-state index < -0.39 is 4.92 Å². The summed E-state index contributed by atoms with van der Waals surface area (Å²) < 4.78 is 0.739. The van der Waals surface area contributed by atoms with E-state index in [0.717, 1.165) is 23.6 Å². The molecule has 0 spiro atoms. The van der Waals surface area contributed by atoms with E-state index >= 15 is 0 Å². The minimum atomic E-state index is -0.480. The second-order valence-corrected chi connectivity index (χ2v) is 4.54. The molecule has 0 saturated carbocycles. The minimum absolute atomic E-state index is 0.480. The van der Waals surface area contributed by atoms with E-state index in [1.165, 1.54) is 36.4 Å². The van der Waals surface area contributed by atoms with E-state index in [-0.39, 0.29) is 0 Å². The molecule has 14 heavy (non-hydrogen) atoms. The van der Waals surface area contributed by atoms with Gasteiger partial charge in [-0.15, -0.1) is 0 Å². The van der Waals surface area contributed by atoms with Crippen LogP contribution in [-0.4, -0.2) is 27.2 Å². The number of likely N-dealkylation sites (tertiary alicyclic amines) is 1. The topological polar surface area (TPSA) is 46.4 Å². The molecule has 1 heterocycles. The van der Waals surface area contributed by atoms with Crippen molar-refractivity contribution in [3.63, 3.8) is 0 Å². The molecule has 0 aromatic heterocycles. The van der Waals surface area contributed by atoms with Gasteiger partial charge in [-0.2, -0.15) is 0 Å². The summed E-state index contributed by atoms with van der Waals surface area (Å²) in [6.45, 7) is 1.97. The summed E-state index contributed by atoms with van der Waals surface area (Å²) in [7, 11) is 0. The number of nitro groups is 1. The third-order valence-electron chi connectivity index (χ3n) is 1.97. The Morgan fingerprint density at radius 3 is 2.64 bits per heavy atom. The monoisotopic (exact) mass is 232 g/mol.